The Morgan fingerprint density at radius 2 is 1.90 bits per heavy atom. The molecule has 7 N–H and O–H groups in total. The van der Waals surface area contributed by atoms with Crippen LogP contribution in [-0.2, 0) is 24.0 Å². The smallest absolute Gasteiger partial charge is 0.352 e. The highest BCUT2D eigenvalue weighted by Gasteiger charge is 2.55. The first kappa shape index (κ1) is 36.9. The molecule has 16 nitrogen and oxygen atoms in total. The molecule has 1 aromatic carbocycles. The van der Waals surface area contributed by atoms with Crippen molar-refractivity contribution in [1.82, 2.24) is 15.2 Å². The van der Waals surface area contributed by atoms with Crippen molar-refractivity contribution in [3.05, 3.63) is 45.1 Å². The fraction of sp³-hybridized carbons (Fsp3) is 0.452. The number of thioether (sulfide) groups is 1. The molecule has 5 rings (SSSR count). The van der Waals surface area contributed by atoms with Crippen LogP contribution in [0.4, 0.5) is 5.13 Å². The molecule has 0 spiro atoms. The summed E-state index contributed by atoms with van der Waals surface area (Å²) >= 11 is 8.44. The number of aromatic hydroxyl groups is 2. The number of benzene rings is 1. The number of aromatic nitrogens is 1. The van der Waals surface area contributed by atoms with Crippen molar-refractivity contribution < 1.29 is 53.7 Å². The number of nitrogen functional groups attached to an aromatic ring is 1. The third-order valence-corrected chi connectivity index (χ3v) is 11.4. The number of β-lactam (4-membered cyclic amide) rings is 1. The summed E-state index contributed by atoms with van der Waals surface area (Å²) in [6.07, 6.45) is 1.05. The number of oxime groups is 1. The monoisotopic (exact) mass is 751 g/mol. The van der Waals surface area contributed by atoms with Crippen molar-refractivity contribution in [1.29, 1.82) is 0 Å². The first-order chi connectivity index (χ1) is 23.7. The van der Waals surface area contributed by atoms with E-state index >= 15 is 0 Å². The van der Waals surface area contributed by atoms with E-state index in [4.69, 9.17) is 22.2 Å². The summed E-state index contributed by atoms with van der Waals surface area (Å²) in [4.78, 5) is 73.9. The first-order valence-corrected chi connectivity index (χ1v) is 17.9. The predicted octanol–water partition coefficient (Wildman–Crippen LogP) is 2.24. The van der Waals surface area contributed by atoms with Crippen LogP contribution in [0.5, 0.6) is 11.5 Å². The number of halogens is 1. The van der Waals surface area contributed by atoms with Gasteiger partial charge in [0.05, 0.1) is 37.5 Å². The van der Waals surface area contributed by atoms with E-state index in [1.54, 1.807) is 0 Å². The minimum Gasteiger partial charge on any atom is -0.504 e. The van der Waals surface area contributed by atoms with Gasteiger partial charge in [0.1, 0.15) is 22.3 Å². The standard InChI is InChI=1S/C31H35ClN6O10S2/c1-15(29(44)45)48-36-22(23-25(32)50-31(33)35-23)21(41)12-18-27(43)37-24(30(46)47)17(14-49-28(18)37)13-38(8-3-2-4-9-38)10-7-34-26(42)16-5-6-19(39)20(40)11-16/h5-6,11,15,18,28H,2-4,7-10,12-14H2,1H3,(H6-,33,34,35,36,39,40,41,42,44,45,46,47)/p+1/t15-,18+,28+/m0/s1. The number of quaternary nitrogens is 1. The van der Waals surface area contributed by atoms with E-state index in [2.05, 4.69) is 15.5 Å². The topological polar surface area (TPSA) is 242 Å². The van der Waals surface area contributed by atoms with Gasteiger partial charge in [-0.25, -0.2) is 14.6 Å². The summed E-state index contributed by atoms with van der Waals surface area (Å²) in [5.74, 6) is -5.62. The number of fused-ring (bicyclic) bond motifs is 1. The Hall–Kier alpha value is -4.39. The fourth-order valence-electron chi connectivity index (χ4n) is 6.32. The molecule has 3 aliphatic heterocycles. The number of piperidine rings is 1. The number of phenols is 2. The van der Waals surface area contributed by atoms with Crippen LogP contribution in [0.25, 0.3) is 0 Å². The van der Waals surface area contributed by atoms with Crippen LogP contribution >= 0.6 is 34.7 Å². The molecule has 2 aromatic rings. The van der Waals surface area contributed by atoms with Gasteiger partial charge in [-0.1, -0.05) is 28.1 Å². The van der Waals surface area contributed by atoms with Gasteiger partial charge in [0, 0.05) is 23.3 Å². The Labute approximate surface area is 299 Å². The molecule has 2 fully saturated rings. The summed E-state index contributed by atoms with van der Waals surface area (Å²) < 4.78 is 0.527. The average Bonchev–Trinajstić information content (AvgIpc) is 3.41. The van der Waals surface area contributed by atoms with Crippen LogP contribution in [0.2, 0.25) is 4.34 Å². The number of thiazole rings is 1. The van der Waals surface area contributed by atoms with Crippen molar-refractivity contribution in [3.8, 4) is 11.5 Å². The molecule has 1 aromatic heterocycles. The highest BCUT2D eigenvalue weighted by atomic mass is 35.5. The fourth-order valence-corrected chi connectivity index (χ4v) is 8.66. The van der Waals surface area contributed by atoms with E-state index < -0.39 is 58.4 Å². The number of carboxylic acid groups (broad SMARTS) is 2. The number of carbonyl (C=O) groups excluding carboxylic acids is 3. The zero-order valence-electron chi connectivity index (χ0n) is 26.8. The number of ketones is 1. The number of carboxylic acids is 2. The Bertz CT molecular complexity index is 1780. The van der Waals surface area contributed by atoms with E-state index in [9.17, 15) is 44.4 Å². The number of Topliss-reactive ketones (excluding diaryl/α,β-unsaturated/α-hetero) is 1. The van der Waals surface area contributed by atoms with Crippen molar-refractivity contribution >= 4 is 75.1 Å². The van der Waals surface area contributed by atoms with Crippen molar-refractivity contribution in [2.24, 2.45) is 11.1 Å². The maximum absolute atomic E-state index is 13.5. The normalized spacial score (nSPS) is 20.8. The molecule has 19 heteroatoms. The summed E-state index contributed by atoms with van der Waals surface area (Å²) in [5.41, 5.74) is 5.87. The largest absolute Gasteiger partial charge is 0.504 e. The molecule has 2 saturated heterocycles. The summed E-state index contributed by atoms with van der Waals surface area (Å²) in [7, 11) is 0. The van der Waals surface area contributed by atoms with Gasteiger partial charge < -0.3 is 40.8 Å². The highest BCUT2D eigenvalue weighted by Crippen LogP contribution is 2.46. The van der Waals surface area contributed by atoms with E-state index in [1.165, 1.54) is 41.8 Å². The molecule has 50 heavy (non-hydrogen) atoms. The molecule has 0 radical (unpaired) electrons. The molecule has 0 unspecified atom stereocenters. The number of aliphatic carboxylic acids is 2. The Morgan fingerprint density at radius 1 is 1.18 bits per heavy atom. The summed E-state index contributed by atoms with van der Waals surface area (Å²) in [6, 6.07) is 3.79. The quantitative estimate of drug-likeness (QED) is 0.0534. The van der Waals surface area contributed by atoms with Gasteiger partial charge in [0.2, 0.25) is 12.0 Å². The van der Waals surface area contributed by atoms with Gasteiger partial charge >= 0.3 is 11.9 Å². The zero-order valence-corrected chi connectivity index (χ0v) is 29.2. The maximum Gasteiger partial charge on any atom is 0.352 e. The van der Waals surface area contributed by atoms with Crippen LogP contribution in [0.3, 0.4) is 0 Å². The Balaban J connectivity index is 1.31. The molecule has 0 aliphatic carbocycles. The van der Waals surface area contributed by atoms with Gasteiger partial charge in [-0.2, -0.15) is 0 Å². The van der Waals surface area contributed by atoms with Gasteiger partial charge in [0.15, 0.2) is 28.1 Å². The van der Waals surface area contributed by atoms with Crippen LogP contribution < -0.4 is 11.1 Å². The van der Waals surface area contributed by atoms with E-state index in [-0.39, 0.29) is 45.1 Å². The van der Waals surface area contributed by atoms with E-state index in [0.717, 1.165) is 43.7 Å². The molecule has 3 atom stereocenters. The minimum atomic E-state index is -1.40. The molecular formula is C31H36ClN6O10S2+. The summed E-state index contributed by atoms with van der Waals surface area (Å²) in [5, 5.41) is 44.8. The van der Waals surface area contributed by atoms with E-state index in [1.807, 2.05) is 0 Å². The molecule has 3 aliphatic rings. The highest BCUT2D eigenvalue weighted by molar-refractivity contribution is 8.00. The second-order valence-electron chi connectivity index (χ2n) is 12.3. The number of carbonyl (C=O) groups is 5. The van der Waals surface area contributed by atoms with E-state index in [0.29, 0.717) is 28.9 Å². The second kappa shape index (κ2) is 15.2. The number of rotatable bonds is 14. The predicted molar refractivity (Wildman–Crippen MR) is 183 cm³/mol. The van der Waals surface area contributed by atoms with Gasteiger partial charge in [0.25, 0.3) is 5.91 Å². The van der Waals surface area contributed by atoms with Crippen molar-refractivity contribution in [3.63, 3.8) is 0 Å². The van der Waals surface area contributed by atoms with Crippen LogP contribution in [-0.4, -0.2) is 120 Å². The van der Waals surface area contributed by atoms with Crippen molar-refractivity contribution in [2.75, 3.05) is 44.2 Å². The first-order valence-electron chi connectivity index (χ1n) is 15.7. The van der Waals surface area contributed by atoms with Gasteiger partial charge in [-0.15, -0.1) is 11.8 Å². The van der Waals surface area contributed by atoms with Crippen LogP contribution in [0, 0.1) is 5.92 Å². The second-order valence-corrected chi connectivity index (χ2v) is 15.0. The lowest BCUT2D eigenvalue weighted by atomic mass is 9.89. The number of nitrogens with two attached hydrogens (primary N) is 1. The van der Waals surface area contributed by atoms with Gasteiger partial charge in [-0.05, 0) is 44.4 Å². The Morgan fingerprint density at radius 3 is 2.52 bits per heavy atom. The number of likely N-dealkylation sites (tertiary alicyclic amines) is 1. The average molecular weight is 752 g/mol. The molecule has 2 amide bonds. The molecule has 0 bridgehead atoms. The number of phenolic OH excluding ortho intramolecular Hbond substituents is 2. The van der Waals surface area contributed by atoms with Crippen LogP contribution in [0.1, 0.15) is 48.7 Å². The third kappa shape index (κ3) is 7.82. The number of amides is 2. The lowest BCUT2D eigenvalue weighted by molar-refractivity contribution is -0.927. The lowest BCUT2D eigenvalue weighted by Crippen LogP contribution is -2.63. The van der Waals surface area contributed by atoms with Gasteiger partial charge in [-0.3, -0.25) is 19.3 Å². The minimum absolute atomic E-state index is 0.0181. The maximum atomic E-state index is 13.5. The zero-order chi connectivity index (χ0) is 36.3. The molecule has 0 saturated carbocycles. The number of anilines is 1. The number of nitrogens with zero attached hydrogens (tertiary/aromatic N) is 4. The SMILES string of the molecule is C[C@H](O/N=C(/C(=O)C[C@@H]1C(=O)N2C(C(=O)O)=C(C[N+]3(CCNC(=O)c4ccc(O)c(O)c4)CCCCC3)CS[C@H]12)c1nc(N)sc1Cl)C(=O)O. The van der Waals surface area contributed by atoms with Crippen LogP contribution in [0.15, 0.2) is 34.6 Å². The number of hydrogen-bond donors (Lipinski definition) is 6. The number of hydrogen-bond acceptors (Lipinski definition) is 13. The lowest BCUT2D eigenvalue weighted by Gasteiger charge is -2.50. The van der Waals surface area contributed by atoms with Crippen molar-refractivity contribution in [2.45, 2.75) is 44.1 Å². The molecular weight excluding hydrogens is 716 g/mol. The number of nitrogens with one attached hydrogen (secondary N) is 1. The molecule has 4 heterocycles. The third-order valence-electron chi connectivity index (χ3n) is 8.91. The molecule has 268 valence electrons. The summed E-state index contributed by atoms with van der Waals surface area (Å²) in [6.45, 7) is 3.83. The Kier molecular flexibility index (Phi) is 11.2.